The maximum atomic E-state index is 12.1. The van der Waals surface area contributed by atoms with Crippen LogP contribution in [0.15, 0.2) is 0 Å². The van der Waals surface area contributed by atoms with Gasteiger partial charge in [-0.2, -0.15) is 0 Å². The summed E-state index contributed by atoms with van der Waals surface area (Å²) in [6, 6.07) is 0. The third kappa shape index (κ3) is 3.18. The smallest absolute Gasteiger partial charge is 0.306 e. The van der Waals surface area contributed by atoms with Crippen LogP contribution in [0.3, 0.4) is 0 Å². The first-order valence-electron chi connectivity index (χ1n) is 12.1. The van der Waals surface area contributed by atoms with Crippen molar-refractivity contribution in [2.45, 2.75) is 98.3 Å². The molecule has 0 amide bonds. The van der Waals surface area contributed by atoms with Gasteiger partial charge < -0.3 is 4.74 Å². The summed E-state index contributed by atoms with van der Waals surface area (Å²) in [7, 11) is 0. The first kappa shape index (κ1) is 19.8. The van der Waals surface area contributed by atoms with Gasteiger partial charge in [0.1, 0.15) is 0 Å². The molecule has 0 aromatic carbocycles. The second-order valence-electron chi connectivity index (χ2n) is 11.1. The summed E-state index contributed by atoms with van der Waals surface area (Å²) in [6.45, 7) is 10.0. The zero-order chi connectivity index (χ0) is 19.2. The van der Waals surface area contributed by atoms with E-state index < -0.39 is 0 Å². The van der Waals surface area contributed by atoms with Gasteiger partial charge in [-0.3, -0.25) is 4.79 Å². The molecule has 2 heteroatoms. The van der Waals surface area contributed by atoms with Gasteiger partial charge in [0.2, 0.25) is 0 Å². The molecule has 0 heterocycles. The highest BCUT2D eigenvalue weighted by atomic mass is 16.5. The minimum absolute atomic E-state index is 0.0148. The molecule has 4 rings (SSSR count). The molecule has 0 saturated heterocycles. The van der Waals surface area contributed by atoms with Gasteiger partial charge >= 0.3 is 5.97 Å². The number of carbonyl (C=O) groups excluding carboxylic acids is 1. The van der Waals surface area contributed by atoms with E-state index in [2.05, 4.69) is 20.8 Å². The average molecular weight is 375 g/mol. The minimum Gasteiger partial charge on any atom is -0.466 e. The summed E-state index contributed by atoms with van der Waals surface area (Å²) in [5, 5.41) is 0. The molecule has 0 radical (unpaired) electrons. The molecule has 154 valence electrons. The van der Waals surface area contributed by atoms with Crippen molar-refractivity contribution in [3.63, 3.8) is 0 Å². The summed E-state index contributed by atoms with van der Waals surface area (Å²) in [4.78, 5) is 12.1. The molecule has 0 bridgehead atoms. The standard InChI is InChI=1S/C25H42O2/c1-5-27-23(26)16-17(2)20-11-12-21-19-10-9-18-8-6-7-14-24(18,3)22(19)13-15-25(20,21)4/h17-22H,5-16H2,1-4H3/t17-,18-,19-,20+,21-,22-,24-,25+/m0/s1. The van der Waals surface area contributed by atoms with E-state index in [-0.39, 0.29) is 5.97 Å². The maximum Gasteiger partial charge on any atom is 0.306 e. The predicted molar refractivity (Wildman–Crippen MR) is 110 cm³/mol. The monoisotopic (exact) mass is 374 g/mol. The van der Waals surface area contributed by atoms with Crippen LogP contribution < -0.4 is 0 Å². The van der Waals surface area contributed by atoms with Crippen molar-refractivity contribution in [1.29, 1.82) is 0 Å². The van der Waals surface area contributed by atoms with Crippen molar-refractivity contribution >= 4 is 5.97 Å². The van der Waals surface area contributed by atoms with E-state index in [1.807, 2.05) is 6.92 Å². The number of carbonyl (C=O) groups is 1. The lowest BCUT2D eigenvalue weighted by Gasteiger charge is -2.60. The zero-order valence-corrected chi connectivity index (χ0v) is 18.3. The Labute approximate surface area is 167 Å². The normalized spacial score (nSPS) is 47.5. The number of hydrogen-bond donors (Lipinski definition) is 0. The lowest BCUT2D eigenvalue weighted by atomic mass is 9.44. The lowest BCUT2D eigenvalue weighted by Crippen LogP contribution is -2.53. The highest BCUT2D eigenvalue weighted by molar-refractivity contribution is 5.69. The van der Waals surface area contributed by atoms with E-state index in [1.54, 1.807) is 0 Å². The van der Waals surface area contributed by atoms with Gasteiger partial charge in [-0.25, -0.2) is 0 Å². The molecule has 4 saturated carbocycles. The van der Waals surface area contributed by atoms with E-state index in [1.165, 1.54) is 64.2 Å². The molecular formula is C25H42O2. The maximum absolute atomic E-state index is 12.1. The van der Waals surface area contributed by atoms with E-state index >= 15 is 0 Å². The van der Waals surface area contributed by atoms with Crippen molar-refractivity contribution in [2.24, 2.45) is 46.3 Å². The van der Waals surface area contributed by atoms with Gasteiger partial charge in [0.15, 0.2) is 0 Å². The highest BCUT2D eigenvalue weighted by Crippen LogP contribution is 2.68. The fourth-order valence-electron chi connectivity index (χ4n) is 8.90. The van der Waals surface area contributed by atoms with Crippen molar-refractivity contribution in [2.75, 3.05) is 6.61 Å². The van der Waals surface area contributed by atoms with Gasteiger partial charge in [-0.1, -0.05) is 33.6 Å². The quantitative estimate of drug-likeness (QED) is 0.517. The van der Waals surface area contributed by atoms with Gasteiger partial charge in [-0.05, 0) is 105 Å². The second-order valence-corrected chi connectivity index (χ2v) is 11.1. The third-order valence-corrected chi connectivity index (χ3v) is 10.1. The molecule has 0 unspecified atom stereocenters. The highest BCUT2D eigenvalue weighted by Gasteiger charge is 2.60. The first-order valence-corrected chi connectivity index (χ1v) is 12.1. The number of rotatable bonds is 4. The van der Waals surface area contributed by atoms with Crippen LogP contribution in [0.2, 0.25) is 0 Å². The van der Waals surface area contributed by atoms with E-state index in [0.29, 0.717) is 35.7 Å². The van der Waals surface area contributed by atoms with Crippen LogP contribution in [-0.4, -0.2) is 12.6 Å². The van der Waals surface area contributed by atoms with Crippen LogP contribution in [0, 0.1) is 46.3 Å². The molecule has 0 N–H and O–H groups in total. The molecule has 27 heavy (non-hydrogen) atoms. The van der Waals surface area contributed by atoms with E-state index in [4.69, 9.17) is 4.74 Å². The van der Waals surface area contributed by atoms with Crippen LogP contribution >= 0.6 is 0 Å². The number of fused-ring (bicyclic) bond motifs is 5. The molecule has 4 aliphatic carbocycles. The molecule has 0 spiro atoms. The molecular weight excluding hydrogens is 332 g/mol. The third-order valence-electron chi connectivity index (χ3n) is 10.1. The van der Waals surface area contributed by atoms with Gasteiger partial charge in [0, 0.05) is 6.42 Å². The Morgan fingerprint density at radius 1 is 0.963 bits per heavy atom. The number of hydrogen-bond acceptors (Lipinski definition) is 2. The summed E-state index contributed by atoms with van der Waals surface area (Å²) in [5.41, 5.74) is 1.10. The topological polar surface area (TPSA) is 26.3 Å². The van der Waals surface area contributed by atoms with Crippen LogP contribution in [0.4, 0.5) is 0 Å². The summed E-state index contributed by atoms with van der Waals surface area (Å²) >= 11 is 0. The molecule has 8 atom stereocenters. The molecule has 0 aromatic rings. The molecule has 4 aliphatic rings. The van der Waals surface area contributed by atoms with Crippen LogP contribution in [-0.2, 0) is 9.53 Å². The Morgan fingerprint density at radius 3 is 2.52 bits per heavy atom. The summed E-state index contributed by atoms with van der Waals surface area (Å²) in [6.07, 6.45) is 15.1. The Morgan fingerprint density at radius 2 is 1.74 bits per heavy atom. The average Bonchev–Trinajstić information content (AvgIpc) is 2.98. The Balaban J connectivity index is 1.50. The van der Waals surface area contributed by atoms with Crippen LogP contribution in [0.25, 0.3) is 0 Å². The number of ether oxygens (including phenoxy) is 1. The van der Waals surface area contributed by atoms with Crippen LogP contribution in [0.5, 0.6) is 0 Å². The molecule has 0 aromatic heterocycles. The fourth-order valence-corrected chi connectivity index (χ4v) is 8.90. The van der Waals surface area contributed by atoms with Gasteiger partial charge in [0.25, 0.3) is 0 Å². The lowest BCUT2D eigenvalue weighted by molar-refractivity contribution is -0.145. The predicted octanol–water partition coefficient (Wildman–Crippen LogP) is 6.62. The van der Waals surface area contributed by atoms with E-state index in [0.717, 1.165) is 23.7 Å². The first-order chi connectivity index (χ1) is 12.9. The Bertz CT molecular complexity index is 557. The van der Waals surface area contributed by atoms with Crippen molar-refractivity contribution in [3.8, 4) is 0 Å². The molecule has 2 nitrogen and oxygen atoms in total. The van der Waals surface area contributed by atoms with Gasteiger partial charge in [0.05, 0.1) is 6.61 Å². The van der Waals surface area contributed by atoms with Crippen molar-refractivity contribution in [1.82, 2.24) is 0 Å². The fraction of sp³-hybridized carbons (Fsp3) is 0.960. The second kappa shape index (κ2) is 7.38. The van der Waals surface area contributed by atoms with Crippen LogP contribution in [0.1, 0.15) is 98.3 Å². The Hall–Kier alpha value is -0.530. The summed E-state index contributed by atoms with van der Waals surface area (Å²) < 4.78 is 5.26. The van der Waals surface area contributed by atoms with E-state index in [9.17, 15) is 4.79 Å². The zero-order valence-electron chi connectivity index (χ0n) is 18.3. The summed E-state index contributed by atoms with van der Waals surface area (Å²) in [5.74, 6) is 5.06. The number of esters is 1. The molecule has 4 fully saturated rings. The molecule has 0 aliphatic heterocycles. The minimum atomic E-state index is 0.0148. The largest absolute Gasteiger partial charge is 0.466 e. The Kier molecular flexibility index (Phi) is 5.40. The van der Waals surface area contributed by atoms with Gasteiger partial charge in [-0.15, -0.1) is 0 Å². The SMILES string of the molecule is CCOC(=O)C[C@H](C)[C@H]1CC[C@H]2[C@@H]3CC[C@@H]4CCCC[C@]4(C)[C@H]3CC[C@]12C. The van der Waals surface area contributed by atoms with Crippen molar-refractivity contribution in [3.05, 3.63) is 0 Å². The van der Waals surface area contributed by atoms with Crippen molar-refractivity contribution < 1.29 is 9.53 Å².